The highest BCUT2D eigenvalue weighted by Crippen LogP contribution is 2.12. The second-order valence-electron chi connectivity index (χ2n) is 3.88. The van der Waals surface area contributed by atoms with Crippen LogP contribution in [-0.4, -0.2) is 15.6 Å². The van der Waals surface area contributed by atoms with Crippen LogP contribution in [0.1, 0.15) is 13.3 Å². The Labute approximate surface area is 101 Å². The van der Waals surface area contributed by atoms with Crippen LogP contribution in [0, 0.1) is 11.8 Å². The summed E-state index contributed by atoms with van der Waals surface area (Å²) in [6.45, 7) is 2.60. The number of imidazole rings is 1. The first kappa shape index (κ1) is 11.6. The molecule has 0 fully saturated rings. The summed E-state index contributed by atoms with van der Waals surface area (Å²) < 4.78 is 2.09. The lowest BCUT2D eigenvalue weighted by Gasteiger charge is -2.14. The second-order valence-corrected chi connectivity index (χ2v) is 3.88. The summed E-state index contributed by atoms with van der Waals surface area (Å²) in [4.78, 5) is 4.34. The number of para-hydroxylation sites is 2. The van der Waals surface area contributed by atoms with Crippen LogP contribution in [0.3, 0.4) is 0 Å². The van der Waals surface area contributed by atoms with E-state index in [-0.39, 0.29) is 6.04 Å². The molecule has 1 unspecified atom stereocenters. The third-order valence-corrected chi connectivity index (χ3v) is 2.71. The fraction of sp³-hybridized carbons (Fsp3) is 0.308. The zero-order chi connectivity index (χ0) is 12.1. The summed E-state index contributed by atoms with van der Waals surface area (Å²) in [5, 5.41) is 0. The first-order chi connectivity index (χ1) is 8.35. The van der Waals surface area contributed by atoms with Gasteiger partial charge in [0.05, 0.1) is 17.4 Å². The number of hydrogen-bond donors (Lipinski definition) is 2. The van der Waals surface area contributed by atoms with Crippen LogP contribution in [0.25, 0.3) is 11.0 Å². The van der Waals surface area contributed by atoms with Crippen LogP contribution in [0.2, 0.25) is 0 Å². The lowest BCUT2D eigenvalue weighted by atomic mass is 10.2. The highest BCUT2D eigenvalue weighted by Gasteiger charge is 2.08. The molecule has 0 saturated carbocycles. The quantitative estimate of drug-likeness (QED) is 0.471. The van der Waals surface area contributed by atoms with Gasteiger partial charge in [-0.1, -0.05) is 12.1 Å². The molecule has 0 aliphatic heterocycles. The van der Waals surface area contributed by atoms with Crippen molar-refractivity contribution in [3.05, 3.63) is 30.6 Å². The van der Waals surface area contributed by atoms with Crippen molar-refractivity contribution >= 4 is 11.0 Å². The standard InChI is InChI=1S/C13H16N4/c1-2-3-6-11(16-14)9-17-10-15-12-7-4-5-8-13(12)17/h4-5,7-8,10-11,16H,6,9,14H2,1H3. The molecule has 0 saturated heterocycles. The largest absolute Gasteiger partial charge is 0.329 e. The Morgan fingerprint density at radius 2 is 2.29 bits per heavy atom. The van der Waals surface area contributed by atoms with Crippen LogP contribution < -0.4 is 11.3 Å². The Morgan fingerprint density at radius 1 is 1.47 bits per heavy atom. The fourth-order valence-corrected chi connectivity index (χ4v) is 1.79. The van der Waals surface area contributed by atoms with Crippen LogP contribution in [0.5, 0.6) is 0 Å². The smallest absolute Gasteiger partial charge is 0.0958 e. The molecule has 4 nitrogen and oxygen atoms in total. The third-order valence-electron chi connectivity index (χ3n) is 2.71. The van der Waals surface area contributed by atoms with E-state index in [0.29, 0.717) is 0 Å². The van der Waals surface area contributed by atoms with Crippen molar-refractivity contribution < 1.29 is 0 Å². The van der Waals surface area contributed by atoms with E-state index in [4.69, 9.17) is 5.84 Å². The monoisotopic (exact) mass is 228 g/mol. The minimum absolute atomic E-state index is 0.139. The van der Waals surface area contributed by atoms with Crippen molar-refractivity contribution in [3.63, 3.8) is 0 Å². The first-order valence-electron chi connectivity index (χ1n) is 5.60. The Hall–Kier alpha value is -1.83. The maximum atomic E-state index is 5.52. The molecule has 0 radical (unpaired) electrons. The van der Waals surface area contributed by atoms with E-state index in [9.17, 15) is 0 Å². The average molecular weight is 228 g/mol. The van der Waals surface area contributed by atoms with Gasteiger partial charge < -0.3 is 4.57 Å². The molecule has 17 heavy (non-hydrogen) atoms. The maximum Gasteiger partial charge on any atom is 0.0958 e. The van der Waals surface area contributed by atoms with Gasteiger partial charge in [-0.15, -0.1) is 11.8 Å². The minimum atomic E-state index is 0.139. The molecule has 0 aliphatic rings. The predicted molar refractivity (Wildman–Crippen MR) is 68.9 cm³/mol. The van der Waals surface area contributed by atoms with Gasteiger partial charge in [0.2, 0.25) is 0 Å². The van der Waals surface area contributed by atoms with Gasteiger partial charge in [0.1, 0.15) is 0 Å². The SMILES string of the molecule is CC#CCC(Cn1cnc2ccccc21)NN. The number of fused-ring (bicyclic) bond motifs is 1. The molecule has 2 rings (SSSR count). The summed E-state index contributed by atoms with van der Waals surface area (Å²) in [6.07, 6.45) is 2.58. The van der Waals surface area contributed by atoms with Gasteiger partial charge in [-0.05, 0) is 19.1 Å². The maximum absolute atomic E-state index is 5.52. The zero-order valence-electron chi connectivity index (χ0n) is 9.85. The molecule has 2 aromatic rings. The highest BCUT2D eigenvalue weighted by molar-refractivity contribution is 5.74. The minimum Gasteiger partial charge on any atom is -0.329 e. The number of nitrogens with one attached hydrogen (secondary N) is 1. The molecule has 0 amide bonds. The summed E-state index contributed by atoms with van der Waals surface area (Å²) in [5.41, 5.74) is 4.92. The summed E-state index contributed by atoms with van der Waals surface area (Å²) in [6, 6.07) is 8.20. The molecule has 0 spiro atoms. The normalized spacial score (nSPS) is 12.1. The highest BCUT2D eigenvalue weighted by atomic mass is 15.2. The van der Waals surface area contributed by atoms with Crippen molar-refractivity contribution in [1.29, 1.82) is 0 Å². The van der Waals surface area contributed by atoms with E-state index < -0.39 is 0 Å². The average Bonchev–Trinajstić information content (AvgIpc) is 2.78. The van der Waals surface area contributed by atoms with Crippen molar-refractivity contribution in [3.8, 4) is 11.8 Å². The van der Waals surface area contributed by atoms with Crippen molar-refractivity contribution in [2.75, 3.05) is 0 Å². The summed E-state index contributed by atoms with van der Waals surface area (Å²) >= 11 is 0. The van der Waals surface area contributed by atoms with E-state index in [1.54, 1.807) is 0 Å². The van der Waals surface area contributed by atoms with Crippen molar-refractivity contribution in [1.82, 2.24) is 15.0 Å². The van der Waals surface area contributed by atoms with Gasteiger partial charge in [-0.25, -0.2) is 4.98 Å². The van der Waals surface area contributed by atoms with Crippen LogP contribution >= 0.6 is 0 Å². The van der Waals surface area contributed by atoms with Crippen molar-refractivity contribution in [2.45, 2.75) is 25.9 Å². The third kappa shape index (κ3) is 2.64. The number of hydrogen-bond acceptors (Lipinski definition) is 3. The topological polar surface area (TPSA) is 55.9 Å². The molecule has 0 aliphatic carbocycles. The number of nitrogens with two attached hydrogens (primary N) is 1. The number of benzene rings is 1. The van der Waals surface area contributed by atoms with Gasteiger partial charge in [0, 0.05) is 19.0 Å². The van der Waals surface area contributed by atoms with E-state index in [1.807, 2.05) is 31.5 Å². The van der Waals surface area contributed by atoms with Gasteiger partial charge in [-0.3, -0.25) is 11.3 Å². The number of aromatic nitrogens is 2. The molecule has 88 valence electrons. The fourth-order valence-electron chi connectivity index (χ4n) is 1.79. The molecule has 1 heterocycles. The molecular weight excluding hydrogens is 212 g/mol. The van der Waals surface area contributed by atoms with E-state index in [1.165, 1.54) is 0 Å². The molecule has 1 aromatic heterocycles. The number of hydrazine groups is 1. The Balaban J connectivity index is 2.18. The molecule has 4 heteroatoms. The zero-order valence-corrected chi connectivity index (χ0v) is 9.85. The van der Waals surface area contributed by atoms with Gasteiger partial charge in [-0.2, -0.15) is 0 Å². The summed E-state index contributed by atoms with van der Waals surface area (Å²) in [5.74, 6) is 11.4. The van der Waals surface area contributed by atoms with Crippen molar-refractivity contribution in [2.24, 2.45) is 5.84 Å². The molecular formula is C13H16N4. The number of nitrogens with zero attached hydrogens (tertiary/aromatic N) is 2. The van der Waals surface area contributed by atoms with E-state index >= 15 is 0 Å². The molecule has 3 N–H and O–H groups in total. The Kier molecular flexibility index (Phi) is 3.76. The second kappa shape index (κ2) is 5.48. The number of rotatable bonds is 4. The predicted octanol–water partition coefficient (Wildman–Crippen LogP) is 1.28. The Morgan fingerprint density at radius 3 is 3.06 bits per heavy atom. The Bertz CT molecular complexity index is 547. The summed E-state index contributed by atoms with van der Waals surface area (Å²) in [7, 11) is 0. The van der Waals surface area contributed by atoms with Crippen LogP contribution in [0.15, 0.2) is 30.6 Å². The van der Waals surface area contributed by atoms with Gasteiger partial charge in [0.25, 0.3) is 0 Å². The molecule has 0 bridgehead atoms. The van der Waals surface area contributed by atoms with Gasteiger partial charge >= 0.3 is 0 Å². The van der Waals surface area contributed by atoms with Crippen LogP contribution in [0.4, 0.5) is 0 Å². The van der Waals surface area contributed by atoms with Gasteiger partial charge in [0.15, 0.2) is 0 Å². The lowest BCUT2D eigenvalue weighted by Crippen LogP contribution is -2.37. The van der Waals surface area contributed by atoms with Crippen LogP contribution in [-0.2, 0) is 6.54 Å². The lowest BCUT2D eigenvalue weighted by molar-refractivity contribution is 0.471. The first-order valence-corrected chi connectivity index (χ1v) is 5.60. The molecule has 1 atom stereocenters. The van der Waals surface area contributed by atoms with E-state index in [0.717, 1.165) is 24.0 Å². The van der Waals surface area contributed by atoms with E-state index in [2.05, 4.69) is 32.9 Å². The molecule has 1 aromatic carbocycles.